The lowest BCUT2D eigenvalue weighted by atomic mass is 10.1. The van der Waals surface area contributed by atoms with E-state index in [1.165, 1.54) is 63.7 Å². The Morgan fingerprint density at radius 2 is 1.44 bits per heavy atom. The van der Waals surface area contributed by atoms with Crippen LogP contribution in [-0.2, 0) is 11.2 Å². The van der Waals surface area contributed by atoms with Crippen LogP contribution in [0.3, 0.4) is 0 Å². The van der Waals surface area contributed by atoms with E-state index in [0.29, 0.717) is 12.2 Å². The van der Waals surface area contributed by atoms with Gasteiger partial charge in [-0.1, -0.05) is 18.6 Å². The van der Waals surface area contributed by atoms with Gasteiger partial charge in [0.15, 0.2) is 0 Å². The maximum atomic E-state index is 12.1. The summed E-state index contributed by atoms with van der Waals surface area (Å²) in [5.41, 5.74) is 1.98. The number of benzene rings is 1. The van der Waals surface area contributed by atoms with Gasteiger partial charge in [0.2, 0.25) is 0 Å². The molecule has 0 aliphatic carbocycles. The van der Waals surface area contributed by atoms with Crippen LogP contribution in [0, 0.1) is 0 Å². The van der Waals surface area contributed by atoms with Gasteiger partial charge in [0, 0.05) is 6.54 Å². The number of carbonyl (C=O) groups excluding carboxylic acids is 1. The highest BCUT2D eigenvalue weighted by molar-refractivity contribution is 5.89. The van der Waals surface area contributed by atoms with Crippen molar-refractivity contribution in [3.05, 3.63) is 35.4 Å². The molecule has 2 fully saturated rings. The van der Waals surface area contributed by atoms with E-state index in [9.17, 15) is 4.79 Å². The number of hydrogen-bond donors (Lipinski definition) is 0. The largest absolute Gasteiger partial charge is 0.461 e. The molecule has 1 aromatic rings. The lowest BCUT2D eigenvalue weighted by molar-refractivity contribution is 0.0472. The van der Waals surface area contributed by atoms with E-state index in [2.05, 4.69) is 21.9 Å². The number of carbonyl (C=O) groups is 1. The zero-order chi connectivity index (χ0) is 17.3. The number of rotatable bonds is 8. The molecule has 4 nitrogen and oxygen atoms in total. The number of piperidine rings is 1. The summed E-state index contributed by atoms with van der Waals surface area (Å²) in [6.45, 7) is 7.37. The van der Waals surface area contributed by atoms with E-state index in [1.807, 2.05) is 12.1 Å². The van der Waals surface area contributed by atoms with Gasteiger partial charge < -0.3 is 9.64 Å². The normalized spacial score (nSPS) is 19.2. The van der Waals surface area contributed by atoms with Crippen molar-refractivity contribution in [2.45, 2.75) is 44.9 Å². The summed E-state index contributed by atoms with van der Waals surface area (Å²) in [7, 11) is 0. The number of hydrogen-bond acceptors (Lipinski definition) is 4. The van der Waals surface area contributed by atoms with E-state index in [1.54, 1.807) is 0 Å². The lowest BCUT2D eigenvalue weighted by Gasteiger charge is -2.26. The minimum Gasteiger partial charge on any atom is -0.461 e. The van der Waals surface area contributed by atoms with Gasteiger partial charge in [-0.3, -0.25) is 4.90 Å². The summed E-state index contributed by atoms with van der Waals surface area (Å²) in [5.74, 6) is -0.195. The van der Waals surface area contributed by atoms with Crippen molar-refractivity contribution in [2.75, 3.05) is 45.9 Å². The third-order valence-corrected chi connectivity index (χ3v) is 5.42. The van der Waals surface area contributed by atoms with Crippen LogP contribution in [0.2, 0.25) is 0 Å². The second-order valence-corrected chi connectivity index (χ2v) is 7.39. The summed E-state index contributed by atoms with van der Waals surface area (Å²) < 4.78 is 5.40. The molecular formula is C21H32N2O2. The quantitative estimate of drug-likeness (QED) is 0.677. The Morgan fingerprint density at radius 1 is 0.840 bits per heavy atom. The molecule has 25 heavy (non-hydrogen) atoms. The van der Waals surface area contributed by atoms with Crippen LogP contribution in [0.5, 0.6) is 0 Å². The fourth-order valence-electron chi connectivity index (χ4n) is 3.85. The van der Waals surface area contributed by atoms with Crippen LogP contribution < -0.4 is 0 Å². The first-order valence-corrected chi connectivity index (χ1v) is 10.0. The van der Waals surface area contributed by atoms with Crippen LogP contribution in [0.15, 0.2) is 24.3 Å². The van der Waals surface area contributed by atoms with E-state index in [-0.39, 0.29) is 5.97 Å². The highest BCUT2D eigenvalue weighted by atomic mass is 16.5. The molecule has 2 saturated heterocycles. The SMILES string of the molecule is O=C(OCCN1CCCC1)c1ccc(CCCN2CCCCC2)cc1. The number of ether oxygens (including phenoxy) is 1. The lowest BCUT2D eigenvalue weighted by Crippen LogP contribution is -2.30. The maximum Gasteiger partial charge on any atom is 0.338 e. The van der Waals surface area contributed by atoms with E-state index in [4.69, 9.17) is 4.74 Å². The maximum absolute atomic E-state index is 12.1. The van der Waals surface area contributed by atoms with Gasteiger partial charge in [-0.25, -0.2) is 4.79 Å². The summed E-state index contributed by atoms with van der Waals surface area (Å²) in [4.78, 5) is 17.0. The molecule has 0 radical (unpaired) electrons. The minimum absolute atomic E-state index is 0.195. The predicted molar refractivity (Wildman–Crippen MR) is 101 cm³/mol. The molecule has 0 atom stereocenters. The van der Waals surface area contributed by atoms with Gasteiger partial charge >= 0.3 is 5.97 Å². The molecule has 0 N–H and O–H groups in total. The molecular weight excluding hydrogens is 312 g/mol. The van der Waals surface area contributed by atoms with Crippen LogP contribution in [0.4, 0.5) is 0 Å². The van der Waals surface area contributed by atoms with E-state index >= 15 is 0 Å². The molecule has 2 aliphatic heterocycles. The van der Waals surface area contributed by atoms with E-state index in [0.717, 1.165) is 26.1 Å². The standard InChI is InChI=1S/C21H32N2O2/c24-21(25-18-17-23-14-4-5-15-23)20-10-8-19(9-11-20)7-6-16-22-12-2-1-3-13-22/h8-11H,1-7,12-18H2. The summed E-state index contributed by atoms with van der Waals surface area (Å²) in [6.07, 6.45) is 8.93. The van der Waals surface area contributed by atoms with Crippen LogP contribution in [-0.4, -0.2) is 61.6 Å². The molecule has 138 valence electrons. The second-order valence-electron chi connectivity index (χ2n) is 7.39. The number of nitrogens with zero attached hydrogens (tertiary/aromatic N) is 2. The average Bonchev–Trinajstić information content (AvgIpc) is 3.16. The van der Waals surface area contributed by atoms with Crippen molar-refractivity contribution in [1.29, 1.82) is 0 Å². The molecule has 0 amide bonds. The molecule has 0 spiro atoms. The predicted octanol–water partition coefficient (Wildman–Crippen LogP) is 3.36. The smallest absolute Gasteiger partial charge is 0.338 e. The molecule has 0 saturated carbocycles. The van der Waals surface area contributed by atoms with Crippen LogP contribution in [0.1, 0.15) is 54.4 Å². The topological polar surface area (TPSA) is 32.8 Å². The Kier molecular flexibility index (Phi) is 7.31. The Hall–Kier alpha value is -1.39. The monoisotopic (exact) mass is 344 g/mol. The summed E-state index contributed by atoms with van der Waals surface area (Å²) in [6, 6.07) is 7.98. The van der Waals surface area contributed by atoms with Crippen molar-refractivity contribution in [2.24, 2.45) is 0 Å². The summed E-state index contributed by atoms with van der Waals surface area (Å²) >= 11 is 0. The van der Waals surface area contributed by atoms with Crippen LogP contribution in [0.25, 0.3) is 0 Å². The molecule has 0 unspecified atom stereocenters. The Morgan fingerprint density at radius 3 is 2.12 bits per heavy atom. The molecule has 0 bridgehead atoms. The highest BCUT2D eigenvalue weighted by Gasteiger charge is 2.13. The van der Waals surface area contributed by atoms with Gasteiger partial charge in [0.25, 0.3) is 0 Å². The van der Waals surface area contributed by atoms with Crippen molar-refractivity contribution in [3.8, 4) is 0 Å². The van der Waals surface area contributed by atoms with Gasteiger partial charge in [-0.15, -0.1) is 0 Å². The molecule has 0 aromatic heterocycles. The number of aryl methyl sites for hydroxylation is 1. The van der Waals surface area contributed by atoms with Gasteiger partial charge in [-0.2, -0.15) is 0 Å². The molecule has 1 aromatic carbocycles. The average molecular weight is 344 g/mol. The molecule has 4 heteroatoms. The number of likely N-dealkylation sites (tertiary alicyclic amines) is 2. The zero-order valence-electron chi connectivity index (χ0n) is 15.4. The van der Waals surface area contributed by atoms with Crippen molar-refractivity contribution in [3.63, 3.8) is 0 Å². The Balaban J connectivity index is 1.34. The first-order valence-electron chi connectivity index (χ1n) is 10.0. The molecule has 2 heterocycles. The fourth-order valence-corrected chi connectivity index (χ4v) is 3.85. The Labute approximate surface area is 152 Å². The third kappa shape index (κ3) is 6.12. The number of esters is 1. The highest BCUT2D eigenvalue weighted by Crippen LogP contribution is 2.12. The van der Waals surface area contributed by atoms with Crippen LogP contribution >= 0.6 is 0 Å². The molecule has 2 aliphatic rings. The summed E-state index contributed by atoms with van der Waals surface area (Å²) in [5, 5.41) is 0. The van der Waals surface area contributed by atoms with Crippen molar-refractivity contribution in [1.82, 2.24) is 9.80 Å². The van der Waals surface area contributed by atoms with Crippen molar-refractivity contribution < 1.29 is 9.53 Å². The minimum atomic E-state index is -0.195. The van der Waals surface area contributed by atoms with Crippen molar-refractivity contribution >= 4 is 5.97 Å². The second kappa shape index (κ2) is 9.93. The zero-order valence-corrected chi connectivity index (χ0v) is 15.4. The van der Waals surface area contributed by atoms with Gasteiger partial charge in [0.1, 0.15) is 6.61 Å². The fraction of sp³-hybridized carbons (Fsp3) is 0.667. The first-order chi connectivity index (χ1) is 12.3. The Bertz CT molecular complexity index is 517. The third-order valence-electron chi connectivity index (χ3n) is 5.42. The van der Waals surface area contributed by atoms with Gasteiger partial charge in [0.05, 0.1) is 5.56 Å². The molecule has 3 rings (SSSR count). The first kappa shape index (κ1) is 18.4. The van der Waals surface area contributed by atoms with Gasteiger partial charge in [-0.05, 0) is 88.9 Å². The van der Waals surface area contributed by atoms with E-state index < -0.39 is 0 Å².